The third-order valence-electron chi connectivity index (χ3n) is 3.40. The molecule has 2 atom stereocenters. The fourth-order valence-electron chi connectivity index (χ4n) is 2.37. The monoisotopic (exact) mass is 314 g/mol. The molecule has 0 spiro atoms. The van der Waals surface area contributed by atoms with Crippen LogP contribution in [-0.4, -0.2) is 56.5 Å². The van der Waals surface area contributed by atoms with Crippen molar-refractivity contribution in [2.75, 3.05) is 40.4 Å². The van der Waals surface area contributed by atoms with Gasteiger partial charge in [-0.1, -0.05) is 30.7 Å². The molecule has 0 aliphatic rings. The summed E-state index contributed by atoms with van der Waals surface area (Å²) in [4.78, 5) is 2.13. The molecule has 1 aromatic rings. The topological polar surface area (TPSA) is 44.7 Å². The van der Waals surface area contributed by atoms with Gasteiger partial charge in [-0.25, -0.2) is 0 Å². The molecule has 1 rings (SSSR count). The minimum atomic E-state index is -0.437. The van der Waals surface area contributed by atoms with E-state index in [2.05, 4.69) is 29.3 Å². The van der Waals surface area contributed by atoms with E-state index in [1.807, 2.05) is 19.2 Å². The van der Waals surface area contributed by atoms with Gasteiger partial charge in [0, 0.05) is 24.7 Å². The summed E-state index contributed by atoms with van der Waals surface area (Å²) >= 11 is 5.94. The molecule has 1 aromatic carbocycles. The summed E-state index contributed by atoms with van der Waals surface area (Å²) in [5, 5.41) is 14.0. The van der Waals surface area contributed by atoms with E-state index in [9.17, 15) is 5.11 Å². The Balaban J connectivity index is 2.49. The van der Waals surface area contributed by atoms with Crippen molar-refractivity contribution in [1.29, 1.82) is 0 Å². The zero-order valence-corrected chi connectivity index (χ0v) is 13.9. The van der Waals surface area contributed by atoms with Gasteiger partial charge in [0.2, 0.25) is 0 Å². The number of benzene rings is 1. The summed E-state index contributed by atoms with van der Waals surface area (Å²) in [5.74, 6) is 0. The summed E-state index contributed by atoms with van der Waals surface area (Å²) in [6.45, 7) is 4.92. The van der Waals surface area contributed by atoms with E-state index in [1.165, 1.54) is 5.56 Å². The Hall–Kier alpha value is -0.650. The van der Waals surface area contributed by atoms with Crippen LogP contribution in [-0.2, 0) is 4.74 Å². The average molecular weight is 315 g/mol. The quantitative estimate of drug-likeness (QED) is 0.696. The Kier molecular flexibility index (Phi) is 8.88. The van der Waals surface area contributed by atoms with Gasteiger partial charge in [-0.3, -0.25) is 0 Å². The Morgan fingerprint density at radius 3 is 2.57 bits per heavy atom. The van der Waals surface area contributed by atoms with Crippen molar-refractivity contribution in [3.8, 4) is 0 Å². The molecule has 0 fully saturated rings. The first kappa shape index (κ1) is 18.4. The van der Waals surface area contributed by atoms with Gasteiger partial charge in [0.25, 0.3) is 0 Å². The molecule has 0 heterocycles. The number of ether oxygens (including phenoxy) is 1. The van der Waals surface area contributed by atoms with Gasteiger partial charge in [-0.2, -0.15) is 0 Å². The number of likely N-dealkylation sites (N-methyl/N-ethyl adjacent to an activating group) is 1. The number of hydrogen-bond donors (Lipinski definition) is 2. The van der Waals surface area contributed by atoms with E-state index in [0.29, 0.717) is 19.2 Å². The zero-order valence-electron chi connectivity index (χ0n) is 13.2. The summed E-state index contributed by atoms with van der Waals surface area (Å²) in [6, 6.07) is 8.28. The van der Waals surface area contributed by atoms with E-state index < -0.39 is 6.10 Å². The minimum Gasteiger partial charge on any atom is -0.389 e. The van der Waals surface area contributed by atoms with Gasteiger partial charge >= 0.3 is 0 Å². The number of rotatable bonds is 10. The first-order chi connectivity index (χ1) is 10.1. The Morgan fingerprint density at radius 2 is 2.00 bits per heavy atom. The molecule has 0 bridgehead atoms. The highest BCUT2D eigenvalue weighted by Gasteiger charge is 2.13. The van der Waals surface area contributed by atoms with Gasteiger partial charge in [-0.15, -0.1) is 0 Å². The smallest absolute Gasteiger partial charge is 0.0899 e. The number of aliphatic hydroxyl groups excluding tert-OH is 1. The van der Waals surface area contributed by atoms with Crippen LogP contribution in [0, 0.1) is 0 Å². The zero-order chi connectivity index (χ0) is 15.7. The molecule has 0 radical (unpaired) electrons. The van der Waals surface area contributed by atoms with Crippen molar-refractivity contribution in [2.24, 2.45) is 0 Å². The standard InChI is InChI=1S/C16H27ClN2O2/c1-4-18-16(13-5-7-14(17)8-6-13)9-10-19(2)11-15(20)12-21-3/h5-8,15-16,18,20H,4,9-12H2,1-3H3. The third-order valence-corrected chi connectivity index (χ3v) is 3.66. The van der Waals surface area contributed by atoms with Crippen molar-refractivity contribution in [2.45, 2.75) is 25.5 Å². The molecule has 21 heavy (non-hydrogen) atoms. The molecule has 120 valence electrons. The predicted octanol–water partition coefficient (Wildman–Crippen LogP) is 2.32. The van der Waals surface area contributed by atoms with E-state index in [0.717, 1.165) is 24.5 Å². The average Bonchev–Trinajstić information content (AvgIpc) is 2.44. The fraction of sp³-hybridized carbons (Fsp3) is 0.625. The SMILES string of the molecule is CCNC(CCN(C)CC(O)COC)c1ccc(Cl)cc1. The van der Waals surface area contributed by atoms with Crippen molar-refractivity contribution in [3.63, 3.8) is 0 Å². The maximum Gasteiger partial charge on any atom is 0.0899 e. The number of aliphatic hydroxyl groups is 1. The first-order valence-electron chi connectivity index (χ1n) is 7.41. The molecule has 0 saturated heterocycles. The van der Waals surface area contributed by atoms with Crippen LogP contribution in [0.2, 0.25) is 5.02 Å². The maximum atomic E-state index is 9.74. The van der Waals surface area contributed by atoms with Crippen molar-refractivity contribution < 1.29 is 9.84 Å². The van der Waals surface area contributed by atoms with E-state index in [1.54, 1.807) is 7.11 Å². The third kappa shape index (κ3) is 7.25. The number of nitrogens with zero attached hydrogens (tertiary/aromatic N) is 1. The summed E-state index contributed by atoms with van der Waals surface area (Å²) in [6.07, 6.45) is 0.541. The molecule has 0 aromatic heterocycles. The Bertz CT molecular complexity index is 386. The number of methoxy groups -OCH3 is 1. The number of halogens is 1. The van der Waals surface area contributed by atoms with Crippen molar-refractivity contribution in [3.05, 3.63) is 34.9 Å². The van der Waals surface area contributed by atoms with Crippen LogP contribution < -0.4 is 5.32 Å². The molecular weight excluding hydrogens is 288 g/mol. The van der Waals surface area contributed by atoms with Crippen LogP contribution >= 0.6 is 11.6 Å². The van der Waals surface area contributed by atoms with Gasteiger partial charge < -0.3 is 20.1 Å². The van der Waals surface area contributed by atoms with Crippen LogP contribution in [0.15, 0.2) is 24.3 Å². The fourth-order valence-corrected chi connectivity index (χ4v) is 2.50. The largest absolute Gasteiger partial charge is 0.389 e. The Morgan fingerprint density at radius 1 is 1.33 bits per heavy atom. The first-order valence-corrected chi connectivity index (χ1v) is 7.79. The lowest BCUT2D eigenvalue weighted by molar-refractivity contribution is 0.0426. The van der Waals surface area contributed by atoms with Gasteiger partial charge in [0.15, 0.2) is 0 Å². The van der Waals surface area contributed by atoms with Crippen LogP contribution in [0.3, 0.4) is 0 Å². The second-order valence-corrected chi connectivity index (χ2v) is 5.76. The number of hydrogen-bond acceptors (Lipinski definition) is 4. The molecule has 0 saturated carbocycles. The molecule has 2 unspecified atom stereocenters. The Labute approximate surface area is 133 Å². The molecular formula is C16H27ClN2O2. The van der Waals surface area contributed by atoms with Crippen LogP contribution in [0.4, 0.5) is 0 Å². The lowest BCUT2D eigenvalue weighted by atomic mass is 10.0. The molecule has 0 aliphatic heterocycles. The second kappa shape index (κ2) is 10.1. The number of nitrogens with one attached hydrogen (secondary N) is 1. The van der Waals surface area contributed by atoms with Crippen LogP contribution in [0.25, 0.3) is 0 Å². The minimum absolute atomic E-state index is 0.300. The maximum absolute atomic E-state index is 9.74. The van der Waals surface area contributed by atoms with Gasteiger partial charge in [-0.05, 0) is 44.3 Å². The predicted molar refractivity (Wildman–Crippen MR) is 87.9 cm³/mol. The molecule has 0 amide bonds. The summed E-state index contributed by atoms with van der Waals surface area (Å²) < 4.78 is 4.95. The summed E-state index contributed by atoms with van der Waals surface area (Å²) in [7, 11) is 3.62. The van der Waals surface area contributed by atoms with E-state index >= 15 is 0 Å². The second-order valence-electron chi connectivity index (χ2n) is 5.32. The highest BCUT2D eigenvalue weighted by atomic mass is 35.5. The van der Waals surface area contributed by atoms with E-state index in [-0.39, 0.29) is 0 Å². The van der Waals surface area contributed by atoms with Gasteiger partial charge in [0.05, 0.1) is 12.7 Å². The van der Waals surface area contributed by atoms with Gasteiger partial charge in [0.1, 0.15) is 0 Å². The van der Waals surface area contributed by atoms with Crippen LogP contribution in [0.1, 0.15) is 24.9 Å². The summed E-state index contributed by atoms with van der Waals surface area (Å²) in [5.41, 5.74) is 1.24. The van der Waals surface area contributed by atoms with Crippen molar-refractivity contribution >= 4 is 11.6 Å². The van der Waals surface area contributed by atoms with E-state index in [4.69, 9.17) is 16.3 Å². The normalized spacial score (nSPS) is 14.4. The van der Waals surface area contributed by atoms with Crippen molar-refractivity contribution in [1.82, 2.24) is 10.2 Å². The van der Waals surface area contributed by atoms with Crippen LogP contribution in [0.5, 0.6) is 0 Å². The molecule has 0 aliphatic carbocycles. The molecule has 4 nitrogen and oxygen atoms in total. The molecule has 2 N–H and O–H groups in total. The highest BCUT2D eigenvalue weighted by molar-refractivity contribution is 6.30. The lowest BCUT2D eigenvalue weighted by Gasteiger charge is -2.24. The highest BCUT2D eigenvalue weighted by Crippen LogP contribution is 2.19. The lowest BCUT2D eigenvalue weighted by Crippen LogP contribution is -2.34. The molecule has 5 heteroatoms.